The Hall–Kier alpha value is -4.31. The molecule has 0 fully saturated rings. The largest absolute Gasteiger partial charge is 2.00 e. The second-order valence-electron chi connectivity index (χ2n) is 8.85. The summed E-state index contributed by atoms with van der Waals surface area (Å²) in [6.45, 7) is -0.0260. The van der Waals surface area contributed by atoms with Crippen molar-refractivity contribution in [3.63, 3.8) is 0 Å². The maximum Gasteiger partial charge on any atom is 2.00 e. The van der Waals surface area contributed by atoms with Gasteiger partial charge >= 0.3 is 27.3 Å². The van der Waals surface area contributed by atoms with Crippen molar-refractivity contribution in [2.75, 3.05) is 4.81 Å². The average molecular weight is 568 g/mol. The fourth-order valence-electron chi connectivity index (χ4n) is 5.48. The molecular weight excluding hydrogens is 552 g/mol. The maximum absolute atomic E-state index is 4.20. The first-order valence-corrected chi connectivity index (χ1v) is 11.7. The molecule has 0 unspecified atom stereocenters. The number of anilines is 2. The monoisotopic (exact) mass is 567 g/mol. The normalized spacial score (nSPS) is 12.5. The van der Waals surface area contributed by atoms with Crippen molar-refractivity contribution in [2.24, 2.45) is 0 Å². The van der Waals surface area contributed by atoms with Gasteiger partial charge in [0.2, 0.25) is 0 Å². The van der Waals surface area contributed by atoms with Crippen molar-refractivity contribution >= 4 is 29.1 Å². The van der Waals surface area contributed by atoms with E-state index >= 15 is 0 Å². The minimum atomic E-state index is -0.0260. The van der Waals surface area contributed by atoms with Gasteiger partial charge in [-0.25, -0.2) is 9.36 Å². The van der Waals surface area contributed by atoms with Gasteiger partial charge in [0.05, 0.1) is 12.4 Å². The summed E-state index contributed by atoms with van der Waals surface area (Å²) in [5.41, 5.74) is 10.8. The van der Waals surface area contributed by atoms with E-state index in [1.807, 2.05) is 24.5 Å². The van der Waals surface area contributed by atoms with Crippen LogP contribution in [0.3, 0.4) is 0 Å². The summed E-state index contributed by atoms with van der Waals surface area (Å²) in [6, 6.07) is 33.0. The maximum atomic E-state index is 4.20. The first-order valence-electron chi connectivity index (χ1n) is 11.7. The Balaban J connectivity index is 0.00000231. The summed E-state index contributed by atoms with van der Waals surface area (Å²) in [5.74, 6) is 0. The third-order valence-corrected chi connectivity index (χ3v) is 6.99. The van der Waals surface area contributed by atoms with Crippen molar-refractivity contribution in [1.82, 2.24) is 30.0 Å². The second kappa shape index (κ2) is 8.38. The Morgan fingerprint density at radius 2 is 1.05 bits per heavy atom. The van der Waals surface area contributed by atoms with Gasteiger partial charge in [0.15, 0.2) is 0 Å². The molecule has 0 saturated heterocycles. The summed E-state index contributed by atoms with van der Waals surface area (Å²) in [6.07, 6.45) is 7.02. The van der Waals surface area contributed by atoms with Gasteiger partial charge < -0.3 is 4.81 Å². The molecule has 2 aliphatic heterocycles. The first-order chi connectivity index (χ1) is 17.9. The van der Waals surface area contributed by atoms with Crippen molar-refractivity contribution in [3.05, 3.63) is 110 Å². The Morgan fingerprint density at radius 1 is 0.568 bits per heavy atom. The quantitative estimate of drug-likeness (QED) is 0.237. The van der Waals surface area contributed by atoms with Gasteiger partial charge in [0.1, 0.15) is 0 Å². The number of aromatic nitrogens is 6. The van der Waals surface area contributed by atoms with E-state index in [-0.39, 0.29) is 27.3 Å². The van der Waals surface area contributed by atoms with Crippen molar-refractivity contribution in [2.45, 2.75) is 0 Å². The van der Waals surface area contributed by atoms with Gasteiger partial charge in [-0.2, -0.15) is 12.1 Å². The molecule has 0 atom stereocenters. The molecule has 37 heavy (non-hydrogen) atoms. The third-order valence-electron chi connectivity index (χ3n) is 6.99. The molecule has 6 aromatic rings. The van der Waals surface area contributed by atoms with Crippen molar-refractivity contribution < 1.29 is 20.4 Å². The van der Waals surface area contributed by atoms with Gasteiger partial charge in [-0.05, 0) is 11.4 Å². The topological polar surface area (TPSA) is 64.7 Å². The molecule has 0 aliphatic carbocycles. The molecule has 9 heteroatoms. The van der Waals surface area contributed by atoms with E-state index in [0.717, 1.165) is 33.9 Å². The predicted octanol–water partition coefficient (Wildman–Crippen LogP) is 3.35. The SMILES string of the molecule is [Pd+2].[c-]1c(-n2ccnn2)ccc2c1N1B(c3ccccc3-2)c2ccccc2-c2ccc(-n3ccnn3)[c-]c21. The molecule has 7 nitrogen and oxygen atoms in total. The van der Waals surface area contributed by atoms with Crippen LogP contribution >= 0.6 is 0 Å². The van der Waals surface area contributed by atoms with E-state index in [9.17, 15) is 0 Å². The molecule has 0 amide bonds. The fourth-order valence-corrected chi connectivity index (χ4v) is 5.48. The van der Waals surface area contributed by atoms with Crippen LogP contribution in [0.25, 0.3) is 33.6 Å². The van der Waals surface area contributed by atoms with Crippen LogP contribution in [-0.4, -0.2) is 36.8 Å². The standard InChI is InChI=1S/C28H16BN7.Pd/c1-3-7-25-21(5-1)23-11-9-19(34-15-13-30-32-34)17-27(23)36-28-18-20(35-16-14-31-33-35)10-12-24(28)22-6-2-4-8-26(22)29(25)36;/h1-16H;/q-2;+2. The van der Waals surface area contributed by atoms with E-state index in [4.69, 9.17) is 0 Å². The summed E-state index contributed by atoms with van der Waals surface area (Å²) in [5, 5.41) is 16.4. The van der Waals surface area contributed by atoms with E-state index in [1.54, 1.807) is 21.8 Å². The average Bonchev–Trinajstić information content (AvgIpc) is 3.67. The van der Waals surface area contributed by atoms with Gasteiger partial charge in [-0.15, -0.1) is 45.6 Å². The van der Waals surface area contributed by atoms with E-state index < -0.39 is 0 Å². The molecule has 0 saturated carbocycles. The minimum Gasteiger partial charge on any atom is -0.418 e. The molecule has 2 aromatic heterocycles. The zero-order valence-corrected chi connectivity index (χ0v) is 20.8. The number of hydrogen-bond acceptors (Lipinski definition) is 5. The van der Waals surface area contributed by atoms with Crippen LogP contribution in [0.2, 0.25) is 0 Å². The molecule has 2 aliphatic rings. The van der Waals surface area contributed by atoms with Crippen LogP contribution < -0.4 is 15.7 Å². The fraction of sp³-hybridized carbons (Fsp3) is 0. The molecular formula is C28H16BN7Pd. The Kier molecular flexibility index (Phi) is 4.96. The summed E-state index contributed by atoms with van der Waals surface area (Å²) >= 11 is 0. The van der Waals surface area contributed by atoms with E-state index in [0.29, 0.717) is 0 Å². The van der Waals surface area contributed by atoms with E-state index in [1.165, 1.54) is 22.1 Å². The number of benzene rings is 4. The van der Waals surface area contributed by atoms with Crippen LogP contribution in [0.4, 0.5) is 11.4 Å². The minimum absolute atomic E-state index is 0. The summed E-state index contributed by atoms with van der Waals surface area (Å²) in [7, 11) is 0. The number of hydrogen-bond donors (Lipinski definition) is 0. The molecule has 4 aromatic carbocycles. The predicted molar refractivity (Wildman–Crippen MR) is 138 cm³/mol. The smallest absolute Gasteiger partial charge is 0.418 e. The van der Waals surface area contributed by atoms with Gasteiger partial charge in [0.25, 0.3) is 0 Å². The molecule has 0 spiro atoms. The second-order valence-corrected chi connectivity index (χ2v) is 8.85. The zero-order chi connectivity index (χ0) is 23.6. The number of fused-ring (bicyclic) bond motifs is 11. The molecule has 0 bridgehead atoms. The van der Waals surface area contributed by atoms with Crippen molar-refractivity contribution in [1.29, 1.82) is 0 Å². The molecule has 176 valence electrons. The first kappa shape index (κ1) is 21.9. The Labute approximate surface area is 227 Å². The molecule has 4 heterocycles. The van der Waals surface area contributed by atoms with Crippen LogP contribution in [-0.2, 0) is 20.4 Å². The number of nitrogens with zero attached hydrogens (tertiary/aromatic N) is 7. The molecule has 0 radical (unpaired) electrons. The summed E-state index contributed by atoms with van der Waals surface area (Å²) < 4.78 is 3.48. The van der Waals surface area contributed by atoms with Gasteiger partial charge in [0, 0.05) is 12.4 Å². The number of rotatable bonds is 2. The Bertz CT molecular complexity index is 1640. The molecule has 0 N–H and O–H groups in total. The van der Waals surface area contributed by atoms with Gasteiger partial charge in [-0.3, -0.25) is 0 Å². The van der Waals surface area contributed by atoms with Crippen LogP contribution in [0.1, 0.15) is 0 Å². The molecule has 8 rings (SSSR count). The van der Waals surface area contributed by atoms with Crippen LogP contribution in [0.5, 0.6) is 0 Å². The van der Waals surface area contributed by atoms with Gasteiger partial charge in [-0.1, -0.05) is 92.4 Å². The van der Waals surface area contributed by atoms with Crippen LogP contribution in [0.15, 0.2) is 97.6 Å². The summed E-state index contributed by atoms with van der Waals surface area (Å²) in [4.78, 5) is 2.36. The van der Waals surface area contributed by atoms with E-state index in [2.05, 4.69) is 98.2 Å². The zero-order valence-electron chi connectivity index (χ0n) is 19.3. The van der Waals surface area contributed by atoms with Crippen LogP contribution in [0, 0.1) is 12.1 Å². The third kappa shape index (κ3) is 3.18. The van der Waals surface area contributed by atoms with Crippen molar-refractivity contribution in [3.8, 4) is 33.6 Å². The Morgan fingerprint density at radius 3 is 1.51 bits per heavy atom.